The summed E-state index contributed by atoms with van der Waals surface area (Å²) in [4.78, 5) is 11.4. The summed E-state index contributed by atoms with van der Waals surface area (Å²) in [6.07, 6.45) is 8.11. The van der Waals surface area contributed by atoms with Gasteiger partial charge in [0.05, 0.1) is 0 Å². The van der Waals surface area contributed by atoms with Crippen molar-refractivity contribution in [2.45, 2.75) is 52.9 Å². The molecular formula is C15H24O. The van der Waals surface area contributed by atoms with E-state index in [1.54, 1.807) is 0 Å². The zero-order chi connectivity index (χ0) is 11.6. The first-order chi connectivity index (χ1) is 7.52. The molecule has 3 rings (SSSR count). The fourth-order valence-corrected chi connectivity index (χ4v) is 5.79. The summed E-state index contributed by atoms with van der Waals surface area (Å²) in [5, 5.41) is 0. The Bertz CT molecular complexity index is 319. The molecule has 1 spiro atoms. The monoisotopic (exact) mass is 220 g/mol. The van der Waals surface area contributed by atoms with Gasteiger partial charge in [-0.1, -0.05) is 20.8 Å². The Labute approximate surface area is 99.0 Å². The predicted octanol–water partition coefficient (Wildman–Crippen LogP) is 3.67. The molecular weight excluding hydrogens is 196 g/mol. The van der Waals surface area contributed by atoms with Gasteiger partial charge in [0.2, 0.25) is 0 Å². The number of fused-ring (bicyclic) bond motifs is 1. The summed E-state index contributed by atoms with van der Waals surface area (Å²) in [7, 11) is 0. The average Bonchev–Trinajstić information content (AvgIpc) is 2.74. The van der Waals surface area contributed by atoms with Crippen molar-refractivity contribution in [1.82, 2.24) is 0 Å². The van der Waals surface area contributed by atoms with Crippen LogP contribution in [0, 0.1) is 34.5 Å². The zero-order valence-electron chi connectivity index (χ0n) is 10.8. The van der Waals surface area contributed by atoms with Crippen LogP contribution in [0.25, 0.3) is 0 Å². The van der Waals surface area contributed by atoms with Gasteiger partial charge in [-0.2, -0.15) is 0 Å². The van der Waals surface area contributed by atoms with Crippen LogP contribution in [-0.2, 0) is 4.79 Å². The maximum Gasteiger partial charge on any atom is 0.123 e. The van der Waals surface area contributed by atoms with Crippen molar-refractivity contribution in [3.63, 3.8) is 0 Å². The molecule has 90 valence electrons. The molecule has 0 aromatic heterocycles. The molecule has 3 fully saturated rings. The van der Waals surface area contributed by atoms with Crippen LogP contribution in [-0.4, -0.2) is 6.29 Å². The molecule has 3 saturated carbocycles. The molecule has 0 aromatic rings. The van der Waals surface area contributed by atoms with Crippen molar-refractivity contribution in [3.05, 3.63) is 0 Å². The minimum Gasteiger partial charge on any atom is -0.303 e. The minimum atomic E-state index is 0.256. The van der Waals surface area contributed by atoms with E-state index < -0.39 is 0 Å². The van der Waals surface area contributed by atoms with Gasteiger partial charge in [-0.25, -0.2) is 0 Å². The number of hydrogen-bond donors (Lipinski definition) is 0. The van der Waals surface area contributed by atoms with Crippen molar-refractivity contribution in [2.75, 3.05) is 0 Å². The number of hydrogen-bond acceptors (Lipinski definition) is 1. The van der Waals surface area contributed by atoms with E-state index in [2.05, 4.69) is 20.8 Å². The molecule has 3 aliphatic rings. The summed E-state index contributed by atoms with van der Waals surface area (Å²) >= 11 is 0. The van der Waals surface area contributed by atoms with E-state index in [0.29, 0.717) is 17.3 Å². The van der Waals surface area contributed by atoms with Gasteiger partial charge in [-0.3, -0.25) is 0 Å². The van der Waals surface area contributed by atoms with E-state index in [0.717, 1.165) is 11.8 Å². The quantitative estimate of drug-likeness (QED) is 0.616. The second-order valence-electron chi connectivity index (χ2n) is 7.25. The van der Waals surface area contributed by atoms with E-state index in [1.165, 1.54) is 38.4 Å². The molecule has 16 heavy (non-hydrogen) atoms. The fraction of sp³-hybridized carbons (Fsp3) is 0.933. The Morgan fingerprint density at radius 2 is 1.94 bits per heavy atom. The third-order valence-corrected chi connectivity index (χ3v) is 6.60. The zero-order valence-corrected chi connectivity index (χ0v) is 10.8. The molecule has 0 radical (unpaired) electrons. The van der Waals surface area contributed by atoms with E-state index in [-0.39, 0.29) is 5.41 Å². The van der Waals surface area contributed by atoms with Crippen molar-refractivity contribution < 1.29 is 4.79 Å². The highest BCUT2D eigenvalue weighted by Crippen LogP contribution is 2.70. The molecule has 0 aromatic carbocycles. The van der Waals surface area contributed by atoms with Crippen molar-refractivity contribution in [1.29, 1.82) is 0 Å². The van der Waals surface area contributed by atoms with Gasteiger partial charge in [0.15, 0.2) is 0 Å². The lowest BCUT2D eigenvalue weighted by atomic mass is 9.52. The first-order valence-corrected chi connectivity index (χ1v) is 6.97. The maximum atomic E-state index is 11.4. The Hall–Kier alpha value is -0.330. The van der Waals surface area contributed by atoms with Crippen LogP contribution in [0.5, 0.6) is 0 Å². The highest BCUT2D eigenvalue weighted by molar-refractivity contribution is 5.56. The predicted molar refractivity (Wildman–Crippen MR) is 65.0 cm³/mol. The molecule has 5 unspecified atom stereocenters. The van der Waals surface area contributed by atoms with Gasteiger partial charge in [-0.15, -0.1) is 0 Å². The van der Waals surface area contributed by atoms with Crippen LogP contribution >= 0.6 is 0 Å². The summed E-state index contributed by atoms with van der Waals surface area (Å²) < 4.78 is 0. The van der Waals surface area contributed by atoms with Crippen LogP contribution in [0.3, 0.4) is 0 Å². The van der Waals surface area contributed by atoms with Gasteiger partial charge in [0.25, 0.3) is 0 Å². The topological polar surface area (TPSA) is 17.1 Å². The molecule has 0 N–H and O–H groups in total. The number of carbonyl (C=O) groups excluding carboxylic acids is 1. The van der Waals surface area contributed by atoms with Gasteiger partial charge >= 0.3 is 0 Å². The molecule has 0 saturated heterocycles. The number of aldehydes is 1. The Morgan fingerprint density at radius 3 is 2.62 bits per heavy atom. The number of carbonyl (C=O) groups is 1. The average molecular weight is 220 g/mol. The SMILES string of the molecule is CC1CCC2C(C)(C)C(C=O)C3CCC12C3. The van der Waals surface area contributed by atoms with Gasteiger partial charge < -0.3 is 4.79 Å². The third kappa shape index (κ3) is 1.05. The standard InChI is InChI=1S/C15H24O/c1-10-4-5-13-14(2,3)12(9-16)11-6-7-15(10,13)8-11/h9-13H,4-8H2,1-3H3. The first-order valence-electron chi connectivity index (χ1n) is 6.97. The molecule has 1 nitrogen and oxygen atoms in total. The molecule has 5 atom stereocenters. The van der Waals surface area contributed by atoms with E-state index in [1.807, 2.05) is 0 Å². The summed E-state index contributed by atoms with van der Waals surface area (Å²) in [5.41, 5.74) is 0.875. The maximum absolute atomic E-state index is 11.4. The van der Waals surface area contributed by atoms with Crippen molar-refractivity contribution in [3.8, 4) is 0 Å². The summed E-state index contributed by atoms with van der Waals surface area (Å²) in [5.74, 6) is 2.74. The molecule has 0 aliphatic heterocycles. The Balaban J connectivity index is 2.06. The minimum absolute atomic E-state index is 0.256. The molecule has 3 aliphatic carbocycles. The second kappa shape index (κ2) is 3.11. The van der Waals surface area contributed by atoms with Crippen LogP contribution in [0.15, 0.2) is 0 Å². The van der Waals surface area contributed by atoms with Crippen LogP contribution in [0.4, 0.5) is 0 Å². The molecule has 0 amide bonds. The Morgan fingerprint density at radius 1 is 1.19 bits per heavy atom. The van der Waals surface area contributed by atoms with Gasteiger partial charge in [-0.05, 0) is 60.7 Å². The summed E-state index contributed by atoms with van der Waals surface area (Å²) in [6, 6.07) is 0. The van der Waals surface area contributed by atoms with Crippen molar-refractivity contribution >= 4 is 6.29 Å². The largest absolute Gasteiger partial charge is 0.303 e. The third-order valence-electron chi connectivity index (χ3n) is 6.60. The second-order valence-corrected chi connectivity index (χ2v) is 7.25. The van der Waals surface area contributed by atoms with E-state index in [9.17, 15) is 4.79 Å². The van der Waals surface area contributed by atoms with Gasteiger partial charge in [0.1, 0.15) is 6.29 Å². The molecule has 1 heteroatoms. The normalized spacial score (nSPS) is 53.7. The van der Waals surface area contributed by atoms with Crippen molar-refractivity contribution in [2.24, 2.45) is 34.5 Å². The molecule has 0 heterocycles. The summed E-state index contributed by atoms with van der Waals surface area (Å²) in [6.45, 7) is 7.18. The lowest BCUT2D eigenvalue weighted by Gasteiger charge is -2.52. The highest BCUT2D eigenvalue weighted by atomic mass is 16.1. The highest BCUT2D eigenvalue weighted by Gasteiger charge is 2.63. The van der Waals surface area contributed by atoms with Crippen LogP contribution in [0.2, 0.25) is 0 Å². The van der Waals surface area contributed by atoms with Crippen LogP contribution in [0.1, 0.15) is 52.9 Å². The first kappa shape index (κ1) is 10.8. The van der Waals surface area contributed by atoms with E-state index >= 15 is 0 Å². The number of rotatable bonds is 1. The van der Waals surface area contributed by atoms with Gasteiger partial charge in [0, 0.05) is 5.92 Å². The Kier molecular flexibility index (Phi) is 2.10. The van der Waals surface area contributed by atoms with E-state index in [4.69, 9.17) is 0 Å². The lowest BCUT2D eigenvalue weighted by molar-refractivity contribution is -0.124. The van der Waals surface area contributed by atoms with Crippen LogP contribution < -0.4 is 0 Å². The fourth-order valence-electron chi connectivity index (χ4n) is 5.79. The smallest absolute Gasteiger partial charge is 0.123 e. The molecule has 2 bridgehead atoms. The lowest BCUT2D eigenvalue weighted by Crippen LogP contribution is -2.47.